The van der Waals surface area contributed by atoms with Crippen molar-refractivity contribution in [2.45, 2.75) is 6.18 Å². The van der Waals surface area contributed by atoms with E-state index in [4.69, 9.17) is 22.8 Å². The summed E-state index contributed by atoms with van der Waals surface area (Å²) in [4.78, 5) is 20.8. The monoisotopic (exact) mass is 442 g/mol. The summed E-state index contributed by atoms with van der Waals surface area (Å²) in [6.45, 7) is 0. The molecule has 0 unspecified atom stereocenters. The molecule has 0 amide bonds. The molecule has 2 aromatic carbocycles. The molecule has 15 heteroatoms. The molecule has 0 radical (unpaired) electrons. The van der Waals surface area contributed by atoms with E-state index in [2.05, 4.69) is 5.14 Å². The van der Waals surface area contributed by atoms with Crippen molar-refractivity contribution in [2.24, 2.45) is 5.14 Å². The molecule has 0 aliphatic carbocycles. The highest BCUT2D eigenvalue weighted by Gasteiger charge is 2.31. The van der Waals surface area contributed by atoms with E-state index in [0.717, 1.165) is 24.3 Å². The van der Waals surface area contributed by atoms with Crippen LogP contribution in [0, 0.1) is 15.9 Å². The normalized spacial score (nSPS) is 11.2. The van der Waals surface area contributed by atoms with Crippen LogP contribution in [0.25, 0.3) is 0 Å². The van der Waals surface area contributed by atoms with Gasteiger partial charge < -0.3 is 9.84 Å². The molecule has 0 saturated heterocycles. The number of nitro groups is 1. The van der Waals surface area contributed by atoms with E-state index in [-0.39, 0.29) is 11.8 Å². The van der Waals surface area contributed by atoms with Crippen molar-refractivity contribution in [3.63, 3.8) is 0 Å². The highest BCUT2D eigenvalue weighted by Crippen LogP contribution is 2.34. The van der Waals surface area contributed by atoms with E-state index in [1.807, 2.05) is 0 Å². The minimum Gasteiger partial charge on any atom is -0.477 e. The first kappa shape index (κ1) is 23.7. The lowest BCUT2D eigenvalue weighted by Gasteiger charge is -2.10. The summed E-state index contributed by atoms with van der Waals surface area (Å²) in [5.74, 6) is -3.80. The number of aromatic carboxylic acids is 1. The number of carbonyl (C=O) groups is 1. The van der Waals surface area contributed by atoms with Gasteiger partial charge in [0.05, 0.1) is 10.5 Å². The number of halogens is 4. The first-order chi connectivity index (χ1) is 13.1. The molecule has 0 saturated carbocycles. The zero-order valence-corrected chi connectivity index (χ0v) is 14.6. The highest BCUT2D eigenvalue weighted by atomic mass is 32.2. The zero-order chi connectivity index (χ0) is 22.6. The van der Waals surface area contributed by atoms with Gasteiger partial charge in [0.15, 0.2) is 11.6 Å². The van der Waals surface area contributed by atoms with Crippen LogP contribution in [-0.2, 0) is 16.5 Å². The Bertz CT molecular complexity index is 1030. The molecule has 158 valence electrons. The van der Waals surface area contributed by atoms with Gasteiger partial charge in [0.25, 0.3) is 5.69 Å². The number of ether oxygens (including phenoxy) is 1. The topological polar surface area (TPSA) is 170 Å². The van der Waals surface area contributed by atoms with Gasteiger partial charge in [-0.1, -0.05) is 0 Å². The van der Waals surface area contributed by atoms with Gasteiger partial charge in [0.1, 0.15) is 11.3 Å². The minimum absolute atomic E-state index is 0.221. The number of hydrogen-bond donors (Lipinski definition) is 3. The Morgan fingerprint density at radius 2 is 1.72 bits per heavy atom. The number of nitro benzene ring substituents is 1. The lowest BCUT2D eigenvalue weighted by atomic mass is 10.1. The summed E-state index contributed by atoms with van der Waals surface area (Å²) in [6, 6.07) is 4.14. The summed E-state index contributed by atoms with van der Waals surface area (Å²) in [5, 5.41) is 23.5. The predicted octanol–water partition coefficient (Wildman–Crippen LogP) is 2.99. The molecular formula is C14H10F4N2O8S. The predicted molar refractivity (Wildman–Crippen MR) is 87.3 cm³/mol. The summed E-state index contributed by atoms with van der Waals surface area (Å²) >= 11 is 0. The van der Waals surface area contributed by atoms with Gasteiger partial charge in [0.2, 0.25) is 0 Å². The standard InChI is InChI=1S/C14H7F4NO5.H3NO3S/c15-10-5-7(14(16,17)18)1-4-12(10)24-8-2-3-11(19(22)23)9(6-8)13(20)21;1-5(2,3)4/h1-6H,(H,20,21);(H3,1,2,3,4). The molecule has 29 heavy (non-hydrogen) atoms. The van der Waals surface area contributed by atoms with E-state index in [1.165, 1.54) is 0 Å². The molecule has 0 heterocycles. The number of nitrogens with two attached hydrogens (primary N) is 1. The van der Waals surface area contributed by atoms with Crippen LogP contribution in [0.5, 0.6) is 11.5 Å². The molecule has 0 spiro atoms. The van der Waals surface area contributed by atoms with Gasteiger partial charge >= 0.3 is 22.4 Å². The van der Waals surface area contributed by atoms with E-state index in [0.29, 0.717) is 6.07 Å². The SMILES string of the molecule is NS(=O)(=O)O.O=C(O)c1cc(Oc2ccc(C(F)(F)F)cc2F)ccc1[N+](=O)[O-]. The molecular weight excluding hydrogens is 432 g/mol. The Morgan fingerprint density at radius 3 is 2.14 bits per heavy atom. The van der Waals surface area contributed by atoms with Crippen LogP contribution in [0.2, 0.25) is 0 Å². The average Bonchev–Trinajstić information content (AvgIpc) is 2.53. The number of rotatable bonds is 4. The maximum absolute atomic E-state index is 13.7. The summed E-state index contributed by atoms with van der Waals surface area (Å²) < 4.78 is 81.2. The fourth-order valence-corrected chi connectivity index (χ4v) is 1.80. The van der Waals surface area contributed by atoms with E-state index in [1.54, 1.807) is 0 Å². The summed E-state index contributed by atoms with van der Waals surface area (Å²) in [7, 11) is -4.17. The van der Waals surface area contributed by atoms with E-state index < -0.39 is 55.8 Å². The number of benzene rings is 2. The first-order valence-corrected chi connectivity index (χ1v) is 8.41. The maximum Gasteiger partial charge on any atom is 0.416 e. The Labute approximate surface area is 159 Å². The third-order valence-corrected chi connectivity index (χ3v) is 2.88. The molecule has 2 rings (SSSR count). The third kappa shape index (κ3) is 7.68. The van der Waals surface area contributed by atoms with Crippen LogP contribution in [0.1, 0.15) is 15.9 Å². The Hall–Kier alpha value is -3.30. The van der Waals surface area contributed by atoms with Crippen molar-refractivity contribution in [1.82, 2.24) is 0 Å². The van der Waals surface area contributed by atoms with Crippen molar-refractivity contribution >= 4 is 22.0 Å². The second kappa shape index (κ2) is 8.80. The lowest BCUT2D eigenvalue weighted by molar-refractivity contribution is -0.385. The number of carboxylic acid groups (broad SMARTS) is 1. The van der Waals surface area contributed by atoms with Gasteiger partial charge in [0, 0.05) is 12.1 Å². The van der Waals surface area contributed by atoms with Crippen LogP contribution >= 0.6 is 0 Å². The molecule has 0 fully saturated rings. The van der Waals surface area contributed by atoms with Gasteiger partial charge in [-0.3, -0.25) is 14.7 Å². The molecule has 2 aromatic rings. The van der Waals surface area contributed by atoms with E-state index in [9.17, 15) is 32.5 Å². The summed E-state index contributed by atoms with van der Waals surface area (Å²) in [5.41, 5.74) is -2.63. The largest absolute Gasteiger partial charge is 0.477 e. The van der Waals surface area contributed by atoms with Crippen molar-refractivity contribution < 1.29 is 50.1 Å². The molecule has 0 aliphatic heterocycles. The zero-order valence-electron chi connectivity index (χ0n) is 13.8. The number of carboxylic acids is 1. The number of alkyl halides is 3. The maximum atomic E-state index is 13.7. The smallest absolute Gasteiger partial charge is 0.416 e. The Kier molecular flexibility index (Phi) is 7.21. The molecule has 0 aliphatic rings. The van der Waals surface area contributed by atoms with Gasteiger partial charge in [-0.25, -0.2) is 14.3 Å². The minimum atomic E-state index is -4.73. The lowest BCUT2D eigenvalue weighted by Crippen LogP contribution is -2.08. The number of nitrogens with zero attached hydrogens (tertiary/aromatic N) is 1. The summed E-state index contributed by atoms with van der Waals surface area (Å²) in [6.07, 6.45) is -4.73. The highest BCUT2D eigenvalue weighted by molar-refractivity contribution is 7.83. The second-order valence-electron chi connectivity index (χ2n) is 5.00. The molecule has 0 aromatic heterocycles. The average molecular weight is 442 g/mol. The third-order valence-electron chi connectivity index (χ3n) is 2.88. The van der Waals surface area contributed by atoms with Crippen LogP contribution in [0.3, 0.4) is 0 Å². The Balaban J connectivity index is 0.000000749. The molecule has 10 nitrogen and oxygen atoms in total. The fourth-order valence-electron chi connectivity index (χ4n) is 1.80. The van der Waals surface area contributed by atoms with Gasteiger partial charge in [-0.15, -0.1) is 0 Å². The van der Waals surface area contributed by atoms with Crippen LogP contribution in [-0.4, -0.2) is 29.0 Å². The van der Waals surface area contributed by atoms with Gasteiger partial charge in [-0.05, 0) is 24.3 Å². The fraction of sp³-hybridized carbons (Fsp3) is 0.0714. The molecule has 0 bridgehead atoms. The quantitative estimate of drug-likeness (QED) is 0.281. The van der Waals surface area contributed by atoms with Crippen molar-refractivity contribution in [2.75, 3.05) is 0 Å². The van der Waals surface area contributed by atoms with Crippen molar-refractivity contribution in [1.29, 1.82) is 0 Å². The van der Waals surface area contributed by atoms with Gasteiger partial charge in [-0.2, -0.15) is 21.6 Å². The van der Waals surface area contributed by atoms with Crippen LogP contribution in [0.15, 0.2) is 36.4 Å². The molecule has 4 N–H and O–H groups in total. The van der Waals surface area contributed by atoms with Crippen molar-refractivity contribution in [3.8, 4) is 11.5 Å². The van der Waals surface area contributed by atoms with Crippen LogP contribution in [0.4, 0.5) is 23.2 Å². The first-order valence-electron chi connectivity index (χ1n) is 6.91. The van der Waals surface area contributed by atoms with E-state index >= 15 is 0 Å². The number of hydrogen-bond acceptors (Lipinski definition) is 6. The Morgan fingerprint density at radius 1 is 1.17 bits per heavy atom. The second-order valence-corrected chi connectivity index (χ2v) is 6.03. The van der Waals surface area contributed by atoms with Crippen LogP contribution < -0.4 is 9.88 Å². The van der Waals surface area contributed by atoms with Crippen molar-refractivity contribution in [3.05, 3.63) is 63.5 Å². The molecule has 0 atom stereocenters.